The van der Waals surface area contributed by atoms with E-state index >= 15 is 0 Å². The van der Waals surface area contributed by atoms with Crippen LogP contribution in [0.15, 0.2) is 82.2 Å². The fraction of sp³-hybridized carbons (Fsp3) is 0.0741. The van der Waals surface area contributed by atoms with Gasteiger partial charge in [0.2, 0.25) is 0 Å². The highest BCUT2D eigenvalue weighted by molar-refractivity contribution is 7.99. The van der Waals surface area contributed by atoms with Gasteiger partial charge in [-0.15, -0.1) is 0 Å². The summed E-state index contributed by atoms with van der Waals surface area (Å²) in [6, 6.07) is 19.1. The molecular weight excluding hydrogens is 544 g/mol. The molecule has 38 heavy (non-hydrogen) atoms. The zero-order chi connectivity index (χ0) is 27.1. The lowest BCUT2D eigenvalue weighted by Gasteiger charge is -2.29. The van der Waals surface area contributed by atoms with Gasteiger partial charge in [0.15, 0.2) is 5.11 Å². The molecule has 1 aliphatic rings. The van der Waals surface area contributed by atoms with Gasteiger partial charge in [0.05, 0.1) is 20.5 Å². The van der Waals surface area contributed by atoms with Gasteiger partial charge in [-0.2, -0.15) is 0 Å². The third kappa shape index (κ3) is 4.58. The normalized spacial score (nSPS) is 14.9. The maximum Gasteiger partial charge on any atom is 0.283 e. The second-order valence-electron chi connectivity index (χ2n) is 8.56. The summed E-state index contributed by atoms with van der Waals surface area (Å²) >= 11 is 12.5. The second-order valence-corrected chi connectivity index (χ2v) is 10.4. The van der Waals surface area contributed by atoms with Crippen molar-refractivity contribution < 1.29 is 14.5 Å². The Balaban J connectivity index is 1.67. The molecule has 0 saturated carbocycles. The molecule has 0 radical (unpaired) electrons. The van der Waals surface area contributed by atoms with Crippen molar-refractivity contribution in [3.05, 3.63) is 98.6 Å². The van der Waals surface area contributed by atoms with Gasteiger partial charge in [-0.25, -0.2) is 0 Å². The largest absolute Gasteiger partial charge is 0.338 e. The number of fused-ring (bicyclic) bond motifs is 1. The van der Waals surface area contributed by atoms with Crippen LogP contribution in [-0.2, 0) is 16.6 Å². The van der Waals surface area contributed by atoms with Crippen LogP contribution in [-0.4, -0.2) is 26.4 Å². The van der Waals surface area contributed by atoms with Gasteiger partial charge in [0.25, 0.3) is 17.5 Å². The number of amides is 2. The van der Waals surface area contributed by atoms with Gasteiger partial charge < -0.3 is 4.57 Å². The predicted octanol–water partition coefficient (Wildman–Crippen LogP) is 6.03. The van der Waals surface area contributed by atoms with Gasteiger partial charge in [0.1, 0.15) is 5.57 Å². The lowest BCUT2D eigenvalue weighted by molar-refractivity contribution is -0.387. The number of aromatic nitrogens is 1. The number of nitro groups is 1. The maximum atomic E-state index is 13.6. The van der Waals surface area contributed by atoms with Crippen LogP contribution in [0.1, 0.15) is 11.1 Å². The van der Waals surface area contributed by atoms with Crippen molar-refractivity contribution in [1.82, 2.24) is 9.88 Å². The smallest absolute Gasteiger partial charge is 0.283 e. The first kappa shape index (κ1) is 25.7. The zero-order valence-electron chi connectivity index (χ0n) is 20.1. The molecule has 2 heterocycles. The number of nitrogens with zero attached hydrogens (tertiary/aromatic N) is 3. The molecule has 0 atom stereocenters. The topological polar surface area (TPSA) is 97.5 Å². The van der Waals surface area contributed by atoms with Crippen molar-refractivity contribution >= 4 is 80.9 Å². The average Bonchev–Trinajstić information content (AvgIpc) is 3.14. The minimum Gasteiger partial charge on any atom is -0.338 e. The number of halogens is 1. The molecule has 190 valence electrons. The lowest BCUT2D eigenvalue weighted by Crippen LogP contribution is -2.54. The van der Waals surface area contributed by atoms with E-state index in [4.69, 9.17) is 23.8 Å². The molecule has 3 aromatic carbocycles. The number of anilines is 1. The predicted molar refractivity (Wildman–Crippen MR) is 153 cm³/mol. The van der Waals surface area contributed by atoms with Gasteiger partial charge in [-0.1, -0.05) is 47.6 Å². The minimum atomic E-state index is -0.629. The number of para-hydroxylation sites is 1. The number of carbonyl (C=O) groups is 2. The summed E-state index contributed by atoms with van der Waals surface area (Å²) in [7, 11) is 1.84. The summed E-state index contributed by atoms with van der Waals surface area (Å²) in [6.07, 6.45) is 1.52. The summed E-state index contributed by atoms with van der Waals surface area (Å²) in [5.41, 5.74) is 2.51. The number of carbonyl (C=O) groups excluding carboxylic acids is 2. The van der Waals surface area contributed by atoms with E-state index in [1.54, 1.807) is 43.3 Å². The molecule has 1 aliphatic heterocycles. The van der Waals surface area contributed by atoms with Crippen molar-refractivity contribution in [3.8, 4) is 0 Å². The number of hydrogen-bond donors (Lipinski definition) is 1. The van der Waals surface area contributed by atoms with Gasteiger partial charge in [-0.3, -0.25) is 29.9 Å². The second kappa shape index (κ2) is 10.1. The highest BCUT2D eigenvalue weighted by Gasteiger charge is 2.35. The first-order valence-electron chi connectivity index (χ1n) is 11.3. The minimum absolute atomic E-state index is 0.0235. The third-order valence-electron chi connectivity index (χ3n) is 6.08. The summed E-state index contributed by atoms with van der Waals surface area (Å²) in [4.78, 5) is 39.6. The number of rotatable bonds is 5. The molecule has 1 N–H and O–H groups in total. The molecule has 0 aliphatic carbocycles. The lowest BCUT2D eigenvalue weighted by atomic mass is 10.1. The van der Waals surface area contributed by atoms with Crippen LogP contribution < -0.4 is 10.2 Å². The third-order valence-corrected chi connectivity index (χ3v) is 7.87. The molecule has 0 spiro atoms. The molecule has 1 aromatic heterocycles. The number of hydrogen-bond acceptors (Lipinski definition) is 6. The quantitative estimate of drug-likeness (QED) is 0.105. The number of thiocarbonyl (C=S) groups is 1. The van der Waals surface area contributed by atoms with Crippen molar-refractivity contribution in [2.45, 2.75) is 16.8 Å². The molecule has 0 bridgehead atoms. The van der Waals surface area contributed by atoms with Crippen molar-refractivity contribution in [1.29, 1.82) is 0 Å². The molecule has 1 saturated heterocycles. The monoisotopic (exact) mass is 562 g/mol. The Bertz CT molecular complexity index is 1700. The first-order valence-corrected chi connectivity index (χ1v) is 12.9. The highest BCUT2D eigenvalue weighted by atomic mass is 35.5. The summed E-state index contributed by atoms with van der Waals surface area (Å²) in [5, 5.41) is 16.2. The Hall–Kier alpha value is -3.99. The number of nitro benzene ring substituents is 1. The highest BCUT2D eigenvalue weighted by Crippen LogP contribution is 2.41. The van der Waals surface area contributed by atoms with Gasteiger partial charge >= 0.3 is 0 Å². The number of aryl methyl sites for hydroxylation is 2. The van der Waals surface area contributed by atoms with E-state index in [0.717, 1.165) is 16.5 Å². The average molecular weight is 563 g/mol. The van der Waals surface area contributed by atoms with E-state index in [1.807, 2.05) is 35.9 Å². The summed E-state index contributed by atoms with van der Waals surface area (Å²) in [5.74, 6) is -1.22. The van der Waals surface area contributed by atoms with Crippen LogP contribution in [0.4, 0.5) is 11.4 Å². The first-order chi connectivity index (χ1) is 18.2. The standard InChI is InChI=1S/C27H19ClN4O4S2/c1-15-7-12-23(22(13-15)32(35)36)38-26-19(18-5-3-4-6-21(18)30(26)2)14-20-24(33)29-27(37)31(25(20)34)17-10-8-16(28)9-11-17/h3-14H,1-2H3,(H,29,33,37). The Morgan fingerprint density at radius 3 is 2.50 bits per heavy atom. The van der Waals surface area contributed by atoms with Gasteiger partial charge in [-0.05, 0) is 67.2 Å². The molecule has 1 fully saturated rings. The van der Waals surface area contributed by atoms with E-state index in [2.05, 4.69) is 5.32 Å². The van der Waals surface area contributed by atoms with E-state index in [1.165, 1.54) is 28.8 Å². The van der Waals surface area contributed by atoms with E-state index < -0.39 is 16.7 Å². The van der Waals surface area contributed by atoms with Crippen LogP contribution in [0.3, 0.4) is 0 Å². The SMILES string of the molecule is Cc1ccc(Sc2c(C=C3C(=O)NC(=S)N(c4ccc(Cl)cc4)C3=O)c3ccccc3n2C)c([N+](=O)[O-])c1. The molecule has 8 nitrogen and oxygen atoms in total. The molecule has 11 heteroatoms. The maximum absolute atomic E-state index is 13.6. The van der Waals surface area contributed by atoms with Crippen molar-refractivity contribution in [2.24, 2.45) is 7.05 Å². The van der Waals surface area contributed by atoms with Crippen LogP contribution in [0, 0.1) is 17.0 Å². The van der Waals surface area contributed by atoms with E-state index in [-0.39, 0.29) is 16.4 Å². The Kier molecular flexibility index (Phi) is 6.78. The molecular formula is C27H19ClN4O4S2. The van der Waals surface area contributed by atoms with Crippen molar-refractivity contribution in [2.75, 3.05) is 4.90 Å². The van der Waals surface area contributed by atoms with Crippen molar-refractivity contribution in [3.63, 3.8) is 0 Å². The van der Waals surface area contributed by atoms with Crippen LogP contribution in [0.25, 0.3) is 17.0 Å². The molecule has 4 aromatic rings. The Morgan fingerprint density at radius 2 is 1.79 bits per heavy atom. The molecule has 0 unspecified atom stereocenters. The summed E-state index contributed by atoms with van der Waals surface area (Å²) < 4.78 is 1.89. The fourth-order valence-corrected chi connectivity index (χ4v) is 5.75. The van der Waals surface area contributed by atoms with Crippen LogP contribution >= 0.6 is 35.6 Å². The van der Waals surface area contributed by atoms with Crippen LogP contribution in [0.5, 0.6) is 0 Å². The Morgan fingerprint density at radius 1 is 1.08 bits per heavy atom. The molecule has 2 amide bonds. The zero-order valence-corrected chi connectivity index (χ0v) is 22.5. The van der Waals surface area contributed by atoms with E-state index in [0.29, 0.717) is 26.2 Å². The van der Waals surface area contributed by atoms with Crippen LogP contribution in [0.2, 0.25) is 5.02 Å². The Labute approximate surface area is 232 Å². The number of benzene rings is 3. The summed E-state index contributed by atoms with van der Waals surface area (Å²) in [6.45, 7) is 1.79. The van der Waals surface area contributed by atoms with Gasteiger partial charge in [0, 0.05) is 34.6 Å². The number of nitrogens with one attached hydrogen (secondary N) is 1. The fourth-order valence-electron chi connectivity index (χ4n) is 4.25. The molecule has 5 rings (SSSR count). The van der Waals surface area contributed by atoms with E-state index in [9.17, 15) is 19.7 Å².